The number of benzene rings is 2. The van der Waals surface area contributed by atoms with E-state index in [1.807, 2.05) is 36.4 Å². The van der Waals surface area contributed by atoms with Crippen LogP contribution in [-0.2, 0) is 32.7 Å². The first-order valence-electron chi connectivity index (χ1n) is 13.6. The minimum atomic E-state index is -0.0340. The van der Waals surface area contributed by atoms with E-state index in [4.69, 9.17) is 0 Å². The Morgan fingerprint density at radius 3 is 1.67 bits per heavy atom. The topological polar surface area (TPSA) is 94.2 Å². The van der Waals surface area contributed by atoms with Gasteiger partial charge in [0.1, 0.15) is 0 Å². The molecule has 4 aromatic rings. The summed E-state index contributed by atoms with van der Waals surface area (Å²) >= 11 is 0. The molecule has 6 rings (SSSR count). The van der Waals surface area contributed by atoms with Gasteiger partial charge in [0.25, 0.3) is 11.8 Å². The van der Waals surface area contributed by atoms with Gasteiger partial charge in [0.05, 0.1) is 0 Å². The van der Waals surface area contributed by atoms with Crippen molar-refractivity contribution >= 4 is 33.6 Å². The normalized spacial score (nSPS) is 16.3. The van der Waals surface area contributed by atoms with E-state index in [0.717, 1.165) is 74.0 Å². The van der Waals surface area contributed by atoms with Crippen molar-refractivity contribution in [2.45, 2.75) is 37.8 Å². The second kappa shape index (κ2) is 13.7. The summed E-state index contributed by atoms with van der Waals surface area (Å²) < 4.78 is 4.62. The van der Waals surface area contributed by atoms with Crippen molar-refractivity contribution in [3.8, 4) is 0 Å². The van der Waals surface area contributed by atoms with Gasteiger partial charge in [-0.05, 0) is 73.1 Å². The first-order chi connectivity index (χ1) is 18.6. The molecule has 2 saturated heterocycles. The SMILES string of the molecule is CNC(=O)c1ccc2ccn(C3CCNCC3)c2c1.CNC(=O)c1ccc2ccn(C3CC[N-]CC3)c2c1.[Y]. The summed E-state index contributed by atoms with van der Waals surface area (Å²) in [4.78, 5) is 23.5. The minimum absolute atomic E-state index is 0. The molecule has 0 bridgehead atoms. The van der Waals surface area contributed by atoms with E-state index in [-0.39, 0.29) is 44.5 Å². The smallest absolute Gasteiger partial charge is 0.251 e. The zero-order valence-electron chi connectivity index (χ0n) is 22.8. The van der Waals surface area contributed by atoms with Crippen LogP contribution in [0.3, 0.4) is 0 Å². The molecule has 1 radical (unpaired) electrons. The van der Waals surface area contributed by atoms with E-state index in [0.29, 0.717) is 12.1 Å². The molecule has 4 heterocycles. The van der Waals surface area contributed by atoms with Gasteiger partial charge in [0, 0.05) is 93.4 Å². The largest absolute Gasteiger partial charge is 0.662 e. The maximum absolute atomic E-state index is 11.7. The molecule has 0 saturated carbocycles. The second-order valence-corrected chi connectivity index (χ2v) is 10.0. The Bertz CT molecular complexity index is 1310. The molecule has 2 aromatic carbocycles. The molecule has 39 heavy (non-hydrogen) atoms. The Kier molecular flexibility index (Phi) is 10.4. The molecule has 2 amide bonds. The Morgan fingerprint density at radius 2 is 1.21 bits per heavy atom. The van der Waals surface area contributed by atoms with Gasteiger partial charge in [0.15, 0.2) is 0 Å². The van der Waals surface area contributed by atoms with Gasteiger partial charge in [-0.2, -0.15) is 0 Å². The molecular formula is C30H37N6O2Y-. The molecule has 9 heteroatoms. The molecule has 0 aliphatic carbocycles. The van der Waals surface area contributed by atoms with Crippen LogP contribution in [0.4, 0.5) is 0 Å². The number of piperidine rings is 2. The third-order valence-electron chi connectivity index (χ3n) is 7.76. The third kappa shape index (κ3) is 6.63. The molecule has 0 spiro atoms. The zero-order chi connectivity index (χ0) is 26.5. The summed E-state index contributed by atoms with van der Waals surface area (Å²) in [5.41, 5.74) is 3.75. The van der Waals surface area contributed by atoms with Crippen molar-refractivity contribution in [2.75, 3.05) is 40.3 Å². The van der Waals surface area contributed by atoms with Gasteiger partial charge in [-0.25, -0.2) is 0 Å². The van der Waals surface area contributed by atoms with E-state index < -0.39 is 0 Å². The van der Waals surface area contributed by atoms with Crippen LogP contribution in [0, 0.1) is 0 Å². The number of hydrogen-bond donors (Lipinski definition) is 3. The van der Waals surface area contributed by atoms with E-state index in [1.165, 1.54) is 10.8 Å². The number of amides is 2. The fourth-order valence-electron chi connectivity index (χ4n) is 5.61. The average molecular weight is 603 g/mol. The standard InChI is InChI=1S/C15H19N3O.C15H18N3O.Y/c2*1-16-15(19)12-3-2-11-6-9-18(14(11)10-12)13-4-7-17-8-5-13;/h2-3,6,9-10,13,17H,4-5,7-8H2,1H3,(H,16,19);2-3,6,9-10,13H,4-5,7-8H2,1H3,(H,16,19);/q;-1;. The molecule has 203 valence electrons. The average Bonchev–Trinajstić information content (AvgIpc) is 3.61. The Hall–Kier alpha value is -2.52. The molecule has 2 fully saturated rings. The van der Waals surface area contributed by atoms with Gasteiger partial charge in [-0.15, -0.1) is 13.1 Å². The Labute approximate surface area is 255 Å². The molecule has 0 unspecified atom stereocenters. The molecule has 0 atom stereocenters. The van der Waals surface area contributed by atoms with Gasteiger partial charge in [-0.3, -0.25) is 9.59 Å². The predicted octanol–water partition coefficient (Wildman–Crippen LogP) is 4.63. The van der Waals surface area contributed by atoms with Crippen molar-refractivity contribution in [2.24, 2.45) is 0 Å². The zero-order valence-corrected chi connectivity index (χ0v) is 25.7. The molecule has 2 aliphatic heterocycles. The number of rotatable bonds is 4. The first-order valence-corrected chi connectivity index (χ1v) is 13.6. The number of aromatic nitrogens is 2. The van der Waals surface area contributed by atoms with Crippen LogP contribution in [-0.4, -0.2) is 61.2 Å². The van der Waals surface area contributed by atoms with Crippen LogP contribution in [0.1, 0.15) is 58.5 Å². The van der Waals surface area contributed by atoms with Crippen LogP contribution in [0.15, 0.2) is 60.9 Å². The number of fused-ring (bicyclic) bond motifs is 2. The number of hydrogen-bond acceptors (Lipinski definition) is 3. The second-order valence-electron chi connectivity index (χ2n) is 10.0. The van der Waals surface area contributed by atoms with Gasteiger partial charge >= 0.3 is 0 Å². The summed E-state index contributed by atoms with van der Waals surface area (Å²) in [5.74, 6) is -0.0618. The van der Waals surface area contributed by atoms with Crippen LogP contribution in [0.5, 0.6) is 0 Å². The Morgan fingerprint density at radius 1 is 0.744 bits per heavy atom. The minimum Gasteiger partial charge on any atom is -0.662 e. The molecular weight excluding hydrogens is 565 g/mol. The number of nitrogens with zero attached hydrogens (tertiary/aromatic N) is 3. The van der Waals surface area contributed by atoms with Crippen molar-refractivity contribution in [1.29, 1.82) is 0 Å². The predicted molar refractivity (Wildman–Crippen MR) is 153 cm³/mol. The van der Waals surface area contributed by atoms with E-state index in [1.54, 1.807) is 14.1 Å². The van der Waals surface area contributed by atoms with Crippen LogP contribution >= 0.6 is 0 Å². The monoisotopic (exact) mass is 602 g/mol. The van der Waals surface area contributed by atoms with Gasteiger partial charge in [-0.1, -0.05) is 25.0 Å². The van der Waals surface area contributed by atoms with Gasteiger partial charge < -0.3 is 30.4 Å². The fourth-order valence-corrected chi connectivity index (χ4v) is 5.61. The molecule has 8 nitrogen and oxygen atoms in total. The first kappa shape index (κ1) is 29.5. The number of carbonyl (C=O) groups is 2. The summed E-state index contributed by atoms with van der Waals surface area (Å²) in [6.45, 7) is 4.03. The van der Waals surface area contributed by atoms with Crippen molar-refractivity contribution in [3.63, 3.8) is 0 Å². The summed E-state index contributed by atoms with van der Waals surface area (Å²) in [7, 11) is 3.33. The van der Waals surface area contributed by atoms with E-state index in [9.17, 15) is 9.59 Å². The Balaban J connectivity index is 0.000000176. The van der Waals surface area contributed by atoms with Crippen molar-refractivity contribution in [1.82, 2.24) is 25.1 Å². The number of carbonyl (C=O) groups excluding carboxylic acids is 2. The maximum Gasteiger partial charge on any atom is 0.251 e. The molecule has 2 aliphatic rings. The maximum atomic E-state index is 11.7. The van der Waals surface area contributed by atoms with E-state index in [2.05, 4.69) is 54.9 Å². The molecule has 3 N–H and O–H groups in total. The summed E-state index contributed by atoms with van der Waals surface area (Å²) in [6, 6.07) is 17.1. The summed E-state index contributed by atoms with van der Waals surface area (Å²) in [5, 5.41) is 15.5. The summed E-state index contributed by atoms with van der Waals surface area (Å²) in [6.07, 6.45) is 8.76. The fraction of sp³-hybridized carbons (Fsp3) is 0.400. The molecule has 2 aromatic heterocycles. The van der Waals surface area contributed by atoms with Crippen LogP contribution in [0.2, 0.25) is 0 Å². The van der Waals surface area contributed by atoms with Crippen molar-refractivity contribution in [3.05, 3.63) is 77.4 Å². The third-order valence-corrected chi connectivity index (χ3v) is 7.76. The quantitative estimate of drug-likeness (QED) is 0.318. The number of nitrogens with one attached hydrogen (secondary N) is 3. The van der Waals surface area contributed by atoms with Crippen LogP contribution < -0.4 is 16.0 Å². The van der Waals surface area contributed by atoms with Crippen LogP contribution in [0.25, 0.3) is 27.1 Å². The van der Waals surface area contributed by atoms with Gasteiger partial charge in [0.2, 0.25) is 0 Å². The van der Waals surface area contributed by atoms with Crippen molar-refractivity contribution < 1.29 is 42.3 Å². The van der Waals surface area contributed by atoms with E-state index >= 15 is 0 Å².